The molecule has 0 bridgehead atoms. The van der Waals surface area contributed by atoms with Crippen molar-refractivity contribution in [1.82, 2.24) is 15.3 Å². The summed E-state index contributed by atoms with van der Waals surface area (Å²) in [6.07, 6.45) is 1.69. The van der Waals surface area contributed by atoms with Crippen molar-refractivity contribution in [2.75, 3.05) is 6.61 Å². The highest BCUT2D eigenvalue weighted by Gasteiger charge is 2.09. The lowest BCUT2D eigenvalue weighted by atomic mass is 10.0. The third kappa shape index (κ3) is 4.66. The number of hydrogen-bond donors (Lipinski definition) is 1. The van der Waals surface area contributed by atoms with E-state index in [9.17, 15) is 4.79 Å². The first-order valence-corrected chi connectivity index (χ1v) is 9.89. The quantitative estimate of drug-likeness (QED) is 0.485. The van der Waals surface area contributed by atoms with Gasteiger partial charge in [-0.3, -0.25) is 4.79 Å². The van der Waals surface area contributed by atoms with Crippen LogP contribution >= 0.6 is 0 Å². The lowest BCUT2D eigenvalue weighted by Crippen LogP contribution is -2.28. The maximum Gasteiger partial charge on any atom is 0.258 e. The molecular weight excluding hydrogens is 378 g/mol. The summed E-state index contributed by atoms with van der Waals surface area (Å²) < 4.78 is 11.3. The minimum Gasteiger partial charge on any atom is -0.484 e. The van der Waals surface area contributed by atoms with Crippen molar-refractivity contribution in [2.45, 2.75) is 26.3 Å². The van der Waals surface area contributed by atoms with Crippen LogP contribution in [0.3, 0.4) is 0 Å². The largest absolute Gasteiger partial charge is 0.484 e. The van der Waals surface area contributed by atoms with Crippen LogP contribution < -0.4 is 10.1 Å². The Morgan fingerprint density at radius 1 is 1.07 bits per heavy atom. The summed E-state index contributed by atoms with van der Waals surface area (Å²) in [5, 5.41) is 2.87. The van der Waals surface area contributed by atoms with Crippen LogP contribution in [0.4, 0.5) is 0 Å². The van der Waals surface area contributed by atoms with Crippen molar-refractivity contribution < 1.29 is 13.9 Å². The van der Waals surface area contributed by atoms with Crippen molar-refractivity contribution in [3.05, 3.63) is 78.0 Å². The summed E-state index contributed by atoms with van der Waals surface area (Å²) in [5.74, 6) is 1.51. The van der Waals surface area contributed by atoms with Crippen molar-refractivity contribution in [2.24, 2.45) is 0 Å². The molecule has 4 aromatic rings. The van der Waals surface area contributed by atoms with E-state index < -0.39 is 0 Å². The number of fused-ring (bicyclic) bond motifs is 1. The zero-order valence-electron chi connectivity index (χ0n) is 17.0. The molecule has 1 amide bonds. The molecule has 0 saturated carbocycles. The van der Waals surface area contributed by atoms with Gasteiger partial charge >= 0.3 is 0 Å². The maximum atomic E-state index is 12.1. The number of hydrogen-bond acceptors (Lipinski definition) is 5. The minimum atomic E-state index is -0.169. The molecule has 0 unspecified atom stereocenters. The third-order valence-corrected chi connectivity index (χ3v) is 4.77. The number of rotatable bonds is 7. The molecule has 0 radical (unpaired) electrons. The molecule has 152 valence electrons. The molecule has 0 aliphatic rings. The highest BCUT2D eigenvalue weighted by molar-refractivity contribution is 5.77. The van der Waals surface area contributed by atoms with E-state index in [1.54, 1.807) is 6.20 Å². The standard InChI is InChI=1S/C24H23N3O3/c1-16(2)18-9-11-20(12-10-18)29-15-22(28)26-14-17-5-7-19(8-6-17)24-27-23-21(30-24)4-3-13-25-23/h3-13,16H,14-15H2,1-2H3,(H,26,28). The molecule has 30 heavy (non-hydrogen) atoms. The number of carbonyl (C=O) groups excluding carboxylic acids is 1. The monoisotopic (exact) mass is 401 g/mol. The van der Waals surface area contributed by atoms with Crippen LogP contribution in [0.5, 0.6) is 5.75 Å². The SMILES string of the molecule is CC(C)c1ccc(OCC(=O)NCc2ccc(-c3nc4ncccc4o3)cc2)cc1. The number of nitrogens with zero attached hydrogens (tertiary/aromatic N) is 2. The van der Waals surface area contributed by atoms with E-state index in [-0.39, 0.29) is 12.5 Å². The molecule has 6 nitrogen and oxygen atoms in total. The summed E-state index contributed by atoms with van der Waals surface area (Å²) in [4.78, 5) is 20.7. The Balaban J connectivity index is 1.28. The fourth-order valence-corrected chi connectivity index (χ4v) is 3.01. The summed E-state index contributed by atoms with van der Waals surface area (Å²) in [7, 11) is 0. The predicted octanol–water partition coefficient (Wildman–Crippen LogP) is 4.71. The molecule has 1 N–H and O–H groups in total. The molecule has 0 saturated heterocycles. The average Bonchev–Trinajstić information content (AvgIpc) is 3.21. The number of oxazole rings is 1. The molecule has 2 heterocycles. The number of aromatic nitrogens is 2. The topological polar surface area (TPSA) is 77.2 Å². The number of carbonyl (C=O) groups is 1. The van der Waals surface area contributed by atoms with Crippen LogP contribution in [0, 0.1) is 0 Å². The van der Waals surface area contributed by atoms with E-state index in [1.807, 2.05) is 60.7 Å². The van der Waals surface area contributed by atoms with Gasteiger partial charge in [-0.25, -0.2) is 4.98 Å². The average molecular weight is 401 g/mol. The molecule has 2 aromatic carbocycles. The van der Waals surface area contributed by atoms with Gasteiger partial charge in [0.2, 0.25) is 5.89 Å². The molecular formula is C24H23N3O3. The van der Waals surface area contributed by atoms with Gasteiger partial charge < -0.3 is 14.5 Å². The lowest BCUT2D eigenvalue weighted by Gasteiger charge is -2.09. The van der Waals surface area contributed by atoms with Crippen LogP contribution in [-0.2, 0) is 11.3 Å². The molecule has 0 spiro atoms. The number of ether oxygens (including phenoxy) is 1. The van der Waals surface area contributed by atoms with Crippen LogP contribution in [-0.4, -0.2) is 22.5 Å². The van der Waals surface area contributed by atoms with Crippen LogP contribution in [0.2, 0.25) is 0 Å². The number of amides is 1. The van der Waals surface area contributed by atoms with Gasteiger partial charge in [0.15, 0.2) is 17.8 Å². The van der Waals surface area contributed by atoms with E-state index in [0.717, 1.165) is 11.1 Å². The van der Waals surface area contributed by atoms with Gasteiger partial charge in [-0.1, -0.05) is 38.1 Å². The van der Waals surface area contributed by atoms with Gasteiger partial charge in [0, 0.05) is 18.3 Å². The first kappa shape index (κ1) is 19.6. The smallest absolute Gasteiger partial charge is 0.258 e. The lowest BCUT2D eigenvalue weighted by molar-refractivity contribution is -0.123. The van der Waals surface area contributed by atoms with E-state index in [0.29, 0.717) is 35.3 Å². The maximum absolute atomic E-state index is 12.1. The van der Waals surface area contributed by atoms with Gasteiger partial charge in [0.05, 0.1) is 0 Å². The number of benzene rings is 2. The van der Waals surface area contributed by atoms with E-state index in [2.05, 4.69) is 29.1 Å². The van der Waals surface area contributed by atoms with Crippen LogP contribution in [0.1, 0.15) is 30.9 Å². The van der Waals surface area contributed by atoms with Crippen molar-refractivity contribution in [1.29, 1.82) is 0 Å². The second kappa shape index (κ2) is 8.78. The number of pyridine rings is 1. The van der Waals surface area contributed by atoms with Gasteiger partial charge in [0.1, 0.15) is 5.75 Å². The van der Waals surface area contributed by atoms with Gasteiger partial charge in [0.25, 0.3) is 5.91 Å². The Labute approximate surface area is 174 Å². The second-order valence-corrected chi connectivity index (χ2v) is 7.33. The summed E-state index contributed by atoms with van der Waals surface area (Å²) >= 11 is 0. The summed E-state index contributed by atoms with van der Waals surface area (Å²) in [5.41, 5.74) is 4.31. The van der Waals surface area contributed by atoms with E-state index in [1.165, 1.54) is 5.56 Å². The first-order valence-electron chi connectivity index (χ1n) is 9.89. The second-order valence-electron chi connectivity index (χ2n) is 7.33. The zero-order chi connectivity index (χ0) is 20.9. The molecule has 6 heteroatoms. The molecule has 2 aromatic heterocycles. The van der Waals surface area contributed by atoms with Crippen molar-refractivity contribution >= 4 is 17.1 Å². The molecule has 0 aliphatic carbocycles. The first-order chi connectivity index (χ1) is 14.6. The minimum absolute atomic E-state index is 0.0188. The number of nitrogens with one attached hydrogen (secondary N) is 1. The highest BCUT2D eigenvalue weighted by Crippen LogP contribution is 2.23. The van der Waals surface area contributed by atoms with Gasteiger partial charge in [-0.05, 0) is 53.4 Å². The molecule has 0 aliphatic heterocycles. The highest BCUT2D eigenvalue weighted by atomic mass is 16.5. The summed E-state index contributed by atoms with van der Waals surface area (Å²) in [6.45, 7) is 4.68. The van der Waals surface area contributed by atoms with Gasteiger partial charge in [-0.15, -0.1) is 0 Å². The Hall–Kier alpha value is -3.67. The van der Waals surface area contributed by atoms with Crippen molar-refractivity contribution in [3.63, 3.8) is 0 Å². The normalized spacial score (nSPS) is 11.0. The van der Waals surface area contributed by atoms with Gasteiger partial charge in [-0.2, -0.15) is 4.98 Å². The molecule has 0 fully saturated rings. The molecule has 0 atom stereocenters. The van der Waals surface area contributed by atoms with Crippen LogP contribution in [0.25, 0.3) is 22.7 Å². The summed E-state index contributed by atoms with van der Waals surface area (Å²) in [6, 6.07) is 19.2. The van der Waals surface area contributed by atoms with Crippen molar-refractivity contribution in [3.8, 4) is 17.2 Å². The Morgan fingerprint density at radius 2 is 1.83 bits per heavy atom. The van der Waals surface area contributed by atoms with E-state index in [4.69, 9.17) is 9.15 Å². The fourth-order valence-electron chi connectivity index (χ4n) is 3.01. The predicted molar refractivity (Wildman–Crippen MR) is 115 cm³/mol. The molecule has 4 rings (SSSR count). The Morgan fingerprint density at radius 3 is 2.53 bits per heavy atom. The fraction of sp³-hybridized carbons (Fsp3) is 0.208. The Bertz CT molecular complexity index is 1100. The van der Waals surface area contributed by atoms with E-state index >= 15 is 0 Å². The zero-order valence-corrected chi connectivity index (χ0v) is 17.0. The third-order valence-electron chi connectivity index (χ3n) is 4.77. The Kier molecular flexibility index (Phi) is 5.75. The van der Waals surface area contributed by atoms with Crippen LogP contribution in [0.15, 0.2) is 71.3 Å².